The minimum absolute atomic E-state index is 0.0329. The molecule has 0 bridgehead atoms. The van der Waals surface area contributed by atoms with E-state index >= 15 is 0 Å². The molecule has 0 heterocycles. The van der Waals surface area contributed by atoms with Crippen LogP contribution in [0.15, 0.2) is 36.4 Å². The van der Waals surface area contributed by atoms with Crippen LogP contribution in [0.1, 0.15) is 11.7 Å². The largest absolute Gasteiger partial charge is 0.497 e. The van der Waals surface area contributed by atoms with Crippen molar-refractivity contribution in [1.82, 2.24) is 5.32 Å². The number of amides is 2. The SMILES string of the molecule is COc1ccc(C(O)CNC(=O)Nc2cc(OC)c(Cl)cc2OC)cc1. The molecule has 0 saturated carbocycles. The summed E-state index contributed by atoms with van der Waals surface area (Å²) >= 11 is 6.03. The average molecular weight is 381 g/mol. The maximum Gasteiger partial charge on any atom is 0.319 e. The molecule has 26 heavy (non-hydrogen) atoms. The molecule has 0 spiro atoms. The number of halogens is 1. The Morgan fingerprint density at radius 2 is 1.73 bits per heavy atom. The van der Waals surface area contributed by atoms with E-state index in [1.165, 1.54) is 14.2 Å². The van der Waals surface area contributed by atoms with Crippen LogP contribution in [-0.2, 0) is 0 Å². The van der Waals surface area contributed by atoms with Crippen LogP contribution < -0.4 is 24.8 Å². The van der Waals surface area contributed by atoms with Gasteiger partial charge in [-0.3, -0.25) is 0 Å². The third kappa shape index (κ3) is 4.93. The molecule has 2 rings (SSSR count). The van der Waals surface area contributed by atoms with Crippen LogP contribution in [0.4, 0.5) is 10.5 Å². The lowest BCUT2D eigenvalue weighted by Crippen LogP contribution is -2.32. The van der Waals surface area contributed by atoms with E-state index in [0.29, 0.717) is 33.5 Å². The van der Waals surface area contributed by atoms with Crippen LogP contribution in [0.25, 0.3) is 0 Å². The quantitative estimate of drug-likeness (QED) is 0.686. The molecule has 0 aliphatic rings. The number of hydrogen-bond donors (Lipinski definition) is 3. The summed E-state index contributed by atoms with van der Waals surface area (Å²) in [4.78, 5) is 12.1. The Balaban J connectivity index is 1.97. The van der Waals surface area contributed by atoms with Crippen molar-refractivity contribution in [2.75, 3.05) is 33.2 Å². The molecule has 0 radical (unpaired) electrons. The topological polar surface area (TPSA) is 89.1 Å². The number of carbonyl (C=O) groups excluding carboxylic acids is 1. The first-order valence-electron chi connectivity index (χ1n) is 7.76. The molecule has 2 aromatic carbocycles. The summed E-state index contributed by atoms with van der Waals surface area (Å²) < 4.78 is 15.4. The smallest absolute Gasteiger partial charge is 0.319 e. The zero-order valence-electron chi connectivity index (χ0n) is 14.7. The molecule has 1 atom stereocenters. The number of urea groups is 1. The lowest BCUT2D eigenvalue weighted by molar-refractivity contribution is 0.175. The monoisotopic (exact) mass is 380 g/mol. The Labute approximate surface area is 156 Å². The molecule has 0 aliphatic heterocycles. The van der Waals surface area contributed by atoms with Gasteiger partial charge in [0.1, 0.15) is 17.2 Å². The zero-order valence-corrected chi connectivity index (χ0v) is 15.5. The number of rotatable bonds is 7. The summed E-state index contributed by atoms with van der Waals surface area (Å²) in [5.74, 6) is 1.48. The predicted octanol–water partition coefficient (Wildman–Crippen LogP) is 3.22. The van der Waals surface area contributed by atoms with Gasteiger partial charge in [0, 0.05) is 18.7 Å². The molecule has 0 aromatic heterocycles. The summed E-state index contributed by atoms with van der Waals surface area (Å²) in [5, 5.41) is 15.8. The van der Waals surface area contributed by atoms with Crippen LogP contribution >= 0.6 is 11.6 Å². The highest BCUT2D eigenvalue weighted by Gasteiger charge is 2.14. The highest BCUT2D eigenvalue weighted by Crippen LogP contribution is 2.35. The van der Waals surface area contributed by atoms with E-state index in [4.69, 9.17) is 25.8 Å². The van der Waals surface area contributed by atoms with E-state index < -0.39 is 12.1 Å². The van der Waals surface area contributed by atoms with Gasteiger partial charge in [-0.25, -0.2) is 4.79 Å². The molecule has 2 aromatic rings. The Kier molecular flexibility index (Phi) is 6.94. The Bertz CT molecular complexity index is 752. The second-order valence-corrected chi connectivity index (χ2v) is 5.72. The molecule has 140 valence electrons. The molecule has 0 saturated heterocycles. The van der Waals surface area contributed by atoms with Gasteiger partial charge in [0.15, 0.2) is 0 Å². The lowest BCUT2D eigenvalue weighted by atomic mass is 10.1. The van der Waals surface area contributed by atoms with Crippen molar-refractivity contribution in [1.29, 1.82) is 0 Å². The van der Waals surface area contributed by atoms with Crippen LogP contribution in [0.3, 0.4) is 0 Å². The molecule has 3 N–H and O–H groups in total. The summed E-state index contributed by atoms with van der Waals surface area (Å²) in [6.45, 7) is 0.0329. The van der Waals surface area contributed by atoms with Crippen molar-refractivity contribution < 1.29 is 24.1 Å². The lowest BCUT2D eigenvalue weighted by Gasteiger charge is -2.15. The van der Waals surface area contributed by atoms with Crippen molar-refractivity contribution in [2.45, 2.75) is 6.10 Å². The van der Waals surface area contributed by atoms with Gasteiger partial charge >= 0.3 is 6.03 Å². The van der Waals surface area contributed by atoms with Crippen molar-refractivity contribution in [3.05, 3.63) is 47.0 Å². The van der Waals surface area contributed by atoms with E-state index in [0.717, 1.165) is 0 Å². The van der Waals surface area contributed by atoms with E-state index in [2.05, 4.69) is 10.6 Å². The molecular weight excluding hydrogens is 360 g/mol. The van der Waals surface area contributed by atoms with Gasteiger partial charge in [-0.2, -0.15) is 0 Å². The number of ether oxygens (including phenoxy) is 3. The van der Waals surface area contributed by atoms with Gasteiger partial charge in [0.25, 0.3) is 0 Å². The first-order chi connectivity index (χ1) is 12.5. The molecule has 2 amide bonds. The maximum atomic E-state index is 12.1. The fourth-order valence-electron chi connectivity index (χ4n) is 2.26. The van der Waals surface area contributed by atoms with Gasteiger partial charge in [0.05, 0.1) is 38.1 Å². The Morgan fingerprint density at radius 1 is 1.08 bits per heavy atom. The summed E-state index contributed by atoms with van der Waals surface area (Å²) in [6, 6.07) is 9.54. The predicted molar refractivity (Wildman–Crippen MR) is 99.5 cm³/mol. The maximum absolute atomic E-state index is 12.1. The minimum Gasteiger partial charge on any atom is -0.497 e. The summed E-state index contributed by atoms with van der Waals surface area (Å²) in [5.41, 5.74) is 1.06. The van der Waals surface area contributed by atoms with Crippen molar-refractivity contribution >= 4 is 23.3 Å². The zero-order chi connectivity index (χ0) is 19.1. The third-order valence-corrected chi connectivity index (χ3v) is 3.97. The number of hydrogen-bond acceptors (Lipinski definition) is 5. The van der Waals surface area contributed by atoms with Crippen LogP contribution in [0.2, 0.25) is 5.02 Å². The molecule has 8 heteroatoms. The molecular formula is C18H21ClN2O5. The summed E-state index contributed by atoms with van der Waals surface area (Å²) in [7, 11) is 4.51. The van der Waals surface area contributed by atoms with E-state index in [1.54, 1.807) is 43.5 Å². The van der Waals surface area contributed by atoms with Gasteiger partial charge < -0.3 is 30.0 Å². The molecule has 0 aliphatic carbocycles. The van der Waals surface area contributed by atoms with Crippen molar-refractivity contribution in [2.24, 2.45) is 0 Å². The van der Waals surface area contributed by atoms with E-state index in [-0.39, 0.29) is 6.54 Å². The molecule has 7 nitrogen and oxygen atoms in total. The Hall–Kier alpha value is -2.64. The number of carbonyl (C=O) groups is 1. The second-order valence-electron chi connectivity index (χ2n) is 5.31. The molecule has 0 fully saturated rings. The first kappa shape index (κ1) is 19.7. The first-order valence-corrected chi connectivity index (χ1v) is 8.14. The number of anilines is 1. The van der Waals surface area contributed by atoms with Gasteiger partial charge in [-0.05, 0) is 17.7 Å². The van der Waals surface area contributed by atoms with E-state index in [1.807, 2.05) is 0 Å². The van der Waals surface area contributed by atoms with Gasteiger partial charge in [-0.15, -0.1) is 0 Å². The van der Waals surface area contributed by atoms with Crippen molar-refractivity contribution in [3.8, 4) is 17.2 Å². The standard InChI is InChI=1S/C18H21ClN2O5/c1-24-12-6-4-11(5-7-12)15(22)10-20-18(23)21-14-9-16(25-2)13(19)8-17(14)26-3/h4-9,15,22H,10H2,1-3H3,(H2,20,21,23). The van der Waals surface area contributed by atoms with Crippen LogP contribution in [0, 0.1) is 0 Å². The fourth-order valence-corrected chi connectivity index (χ4v) is 2.49. The van der Waals surface area contributed by atoms with Crippen LogP contribution in [0.5, 0.6) is 17.2 Å². The number of benzene rings is 2. The minimum atomic E-state index is -0.853. The number of aliphatic hydroxyl groups is 1. The summed E-state index contributed by atoms with van der Waals surface area (Å²) in [6.07, 6.45) is -0.853. The Morgan fingerprint density at radius 3 is 2.31 bits per heavy atom. The van der Waals surface area contributed by atoms with Gasteiger partial charge in [-0.1, -0.05) is 23.7 Å². The second kappa shape index (κ2) is 9.17. The highest BCUT2D eigenvalue weighted by atomic mass is 35.5. The number of aliphatic hydroxyl groups excluding tert-OH is 1. The number of methoxy groups -OCH3 is 3. The molecule has 1 unspecified atom stereocenters. The van der Waals surface area contributed by atoms with Crippen LogP contribution in [-0.4, -0.2) is 39.0 Å². The third-order valence-electron chi connectivity index (χ3n) is 3.68. The average Bonchev–Trinajstić information content (AvgIpc) is 2.67. The fraction of sp³-hybridized carbons (Fsp3) is 0.278. The van der Waals surface area contributed by atoms with E-state index in [9.17, 15) is 9.90 Å². The van der Waals surface area contributed by atoms with Gasteiger partial charge in [0.2, 0.25) is 0 Å². The normalized spacial score (nSPS) is 11.4. The number of nitrogens with one attached hydrogen (secondary N) is 2. The van der Waals surface area contributed by atoms with Crippen molar-refractivity contribution in [3.63, 3.8) is 0 Å². The highest BCUT2D eigenvalue weighted by molar-refractivity contribution is 6.32.